The quantitative estimate of drug-likeness (QED) is 0.781. The summed E-state index contributed by atoms with van der Waals surface area (Å²) in [6.45, 7) is 6.40. The molecule has 0 saturated carbocycles. The van der Waals surface area contributed by atoms with E-state index in [0.29, 0.717) is 0 Å². The summed E-state index contributed by atoms with van der Waals surface area (Å²) in [5.41, 5.74) is 6.41. The summed E-state index contributed by atoms with van der Waals surface area (Å²) in [6.07, 6.45) is 0.920. The number of fused-ring (bicyclic) bond motifs is 1. The first-order valence-electron chi connectivity index (χ1n) is 8.30. The zero-order valence-electron chi connectivity index (χ0n) is 14.2. The number of aryl methyl sites for hydroxylation is 3. The molecule has 1 aliphatic rings. The molecule has 0 aliphatic carbocycles. The van der Waals surface area contributed by atoms with Gasteiger partial charge in [-0.1, -0.05) is 53.1 Å². The van der Waals surface area contributed by atoms with E-state index in [4.69, 9.17) is 0 Å². The van der Waals surface area contributed by atoms with Gasteiger partial charge in [0.2, 0.25) is 5.95 Å². The van der Waals surface area contributed by atoms with Crippen molar-refractivity contribution in [3.05, 3.63) is 70.3 Å². The first-order valence-corrected chi connectivity index (χ1v) is 8.30. The van der Waals surface area contributed by atoms with E-state index in [0.717, 1.165) is 12.4 Å². The fraction of sp³-hybridized carbons (Fsp3) is 0.316. The molecule has 0 bridgehead atoms. The number of nitrogens with zero attached hydrogens (tertiary/aromatic N) is 4. The lowest BCUT2D eigenvalue weighted by atomic mass is 9.91. The molecule has 2 aromatic carbocycles. The van der Waals surface area contributed by atoms with E-state index in [1.165, 1.54) is 27.8 Å². The predicted molar refractivity (Wildman–Crippen MR) is 94.0 cm³/mol. The molecule has 4 rings (SSSR count). The van der Waals surface area contributed by atoms with Crippen molar-refractivity contribution in [1.82, 2.24) is 20.2 Å². The highest BCUT2D eigenvalue weighted by Crippen LogP contribution is 2.37. The summed E-state index contributed by atoms with van der Waals surface area (Å²) < 4.78 is 1.89. The second-order valence-corrected chi connectivity index (χ2v) is 6.65. The van der Waals surface area contributed by atoms with Gasteiger partial charge in [-0.3, -0.25) is 0 Å². The molecule has 0 saturated heterocycles. The summed E-state index contributed by atoms with van der Waals surface area (Å²) in [5, 5.41) is 15.7. The molecule has 3 aromatic rings. The van der Waals surface area contributed by atoms with Gasteiger partial charge in [0, 0.05) is 0 Å². The fourth-order valence-electron chi connectivity index (χ4n) is 3.30. The minimum atomic E-state index is 0.142. The highest BCUT2D eigenvalue weighted by atomic mass is 15.6. The normalized spacial score (nSPS) is 19.6. The molecule has 5 nitrogen and oxygen atoms in total. The Morgan fingerprint density at radius 1 is 0.958 bits per heavy atom. The summed E-state index contributed by atoms with van der Waals surface area (Å²) in [6, 6.07) is 15.6. The molecule has 0 fully saturated rings. The number of nitrogens with one attached hydrogen (secondary N) is 1. The average molecular weight is 319 g/mol. The largest absolute Gasteiger partial charge is 0.346 e. The van der Waals surface area contributed by atoms with Crippen molar-refractivity contribution in [2.75, 3.05) is 5.32 Å². The molecule has 0 spiro atoms. The zero-order chi connectivity index (χ0) is 16.7. The maximum atomic E-state index is 4.19. The van der Waals surface area contributed by atoms with Crippen molar-refractivity contribution in [2.45, 2.75) is 39.3 Å². The van der Waals surface area contributed by atoms with Crippen molar-refractivity contribution in [3.8, 4) is 0 Å². The monoisotopic (exact) mass is 319 g/mol. The Morgan fingerprint density at radius 2 is 1.71 bits per heavy atom. The molecule has 1 N–H and O–H groups in total. The van der Waals surface area contributed by atoms with Crippen LogP contribution < -0.4 is 5.32 Å². The van der Waals surface area contributed by atoms with Crippen LogP contribution in [0.1, 0.15) is 46.3 Å². The van der Waals surface area contributed by atoms with E-state index >= 15 is 0 Å². The van der Waals surface area contributed by atoms with Crippen LogP contribution in [-0.2, 0) is 0 Å². The van der Waals surface area contributed by atoms with Crippen molar-refractivity contribution >= 4 is 5.95 Å². The van der Waals surface area contributed by atoms with E-state index in [1.54, 1.807) is 0 Å². The Hall–Kier alpha value is -2.69. The number of anilines is 1. The second-order valence-electron chi connectivity index (χ2n) is 6.65. The Labute approximate surface area is 141 Å². The SMILES string of the molecule is Cc1ccc([C@H]2C[C@@H](c3ccc(C)c(C)c3)Nc3nnnn32)cc1. The maximum Gasteiger partial charge on any atom is 0.243 e. The van der Waals surface area contributed by atoms with E-state index in [2.05, 4.69) is 84.1 Å². The Bertz CT molecular complexity index is 866. The van der Waals surface area contributed by atoms with Crippen molar-refractivity contribution in [2.24, 2.45) is 0 Å². The van der Waals surface area contributed by atoms with Crippen molar-refractivity contribution < 1.29 is 0 Å². The number of rotatable bonds is 2. The van der Waals surface area contributed by atoms with Crippen LogP contribution in [0.5, 0.6) is 0 Å². The maximum absolute atomic E-state index is 4.19. The van der Waals surface area contributed by atoms with Gasteiger partial charge in [-0.25, -0.2) is 4.68 Å². The van der Waals surface area contributed by atoms with E-state index in [-0.39, 0.29) is 12.1 Å². The molecule has 24 heavy (non-hydrogen) atoms. The second kappa shape index (κ2) is 5.74. The lowest BCUT2D eigenvalue weighted by Gasteiger charge is -2.31. The van der Waals surface area contributed by atoms with Gasteiger partial charge in [0.15, 0.2) is 0 Å². The molecule has 0 unspecified atom stereocenters. The molecule has 1 aliphatic heterocycles. The molecule has 2 heterocycles. The van der Waals surface area contributed by atoms with Gasteiger partial charge < -0.3 is 5.32 Å². The Morgan fingerprint density at radius 3 is 2.46 bits per heavy atom. The first kappa shape index (κ1) is 14.9. The van der Waals surface area contributed by atoms with Crippen LogP contribution in [0, 0.1) is 20.8 Å². The van der Waals surface area contributed by atoms with Gasteiger partial charge in [0.05, 0.1) is 12.1 Å². The number of tetrazole rings is 1. The third-order valence-corrected chi connectivity index (χ3v) is 4.95. The Balaban J connectivity index is 1.72. The molecular weight excluding hydrogens is 298 g/mol. The van der Waals surface area contributed by atoms with Gasteiger partial charge >= 0.3 is 0 Å². The topological polar surface area (TPSA) is 55.6 Å². The van der Waals surface area contributed by atoms with Crippen molar-refractivity contribution in [1.29, 1.82) is 0 Å². The van der Waals surface area contributed by atoms with Crippen LogP contribution in [0.2, 0.25) is 0 Å². The zero-order valence-corrected chi connectivity index (χ0v) is 14.2. The smallest absolute Gasteiger partial charge is 0.243 e. The summed E-state index contributed by atoms with van der Waals surface area (Å²) in [5.74, 6) is 0.732. The Kier molecular flexibility index (Phi) is 3.56. The molecule has 0 radical (unpaired) electrons. The van der Waals surface area contributed by atoms with E-state index in [1.807, 2.05) is 4.68 Å². The van der Waals surface area contributed by atoms with E-state index in [9.17, 15) is 0 Å². The molecule has 122 valence electrons. The fourth-order valence-corrected chi connectivity index (χ4v) is 3.30. The third-order valence-electron chi connectivity index (χ3n) is 4.95. The summed E-state index contributed by atoms with van der Waals surface area (Å²) in [7, 11) is 0. The number of hydrogen-bond acceptors (Lipinski definition) is 4. The third kappa shape index (κ3) is 2.56. The van der Waals surface area contributed by atoms with Gasteiger partial charge in [-0.15, -0.1) is 0 Å². The van der Waals surface area contributed by atoms with Gasteiger partial charge in [0.25, 0.3) is 0 Å². The highest BCUT2D eigenvalue weighted by molar-refractivity contribution is 5.40. The molecule has 0 amide bonds. The minimum Gasteiger partial charge on any atom is -0.346 e. The predicted octanol–water partition coefficient (Wildman–Crippen LogP) is 3.74. The van der Waals surface area contributed by atoms with E-state index < -0.39 is 0 Å². The van der Waals surface area contributed by atoms with Gasteiger partial charge in [0.1, 0.15) is 0 Å². The average Bonchev–Trinajstić information content (AvgIpc) is 3.06. The minimum absolute atomic E-state index is 0.142. The summed E-state index contributed by atoms with van der Waals surface area (Å²) >= 11 is 0. The summed E-state index contributed by atoms with van der Waals surface area (Å²) in [4.78, 5) is 0. The lowest BCUT2D eigenvalue weighted by Crippen LogP contribution is -2.28. The van der Waals surface area contributed by atoms with Crippen LogP contribution in [0.4, 0.5) is 5.95 Å². The molecule has 1 aromatic heterocycles. The molecular formula is C19H21N5. The first-order chi connectivity index (χ1) is 11.6. The van der Waals surface area contributed by atoms with Crippen LogP contribution in [-0.4, -0.2) is 20.2 Å². The molecule has 5 heteroatoms. The van der Waals surface area contributed by atoms with Crippen molar-refractivity contribution in [3.63, 3.8) is 0 Å². The highest BCUT2D eigenvalue weighted by Gasteiger charge is 2.30. The number of benzene rings is 2. The van der Waals surface area contributed by atoms with Gasteiger partial charge in [-0.05, 0) is 59.9 Å². The van der Waals surface area contributed by atoms with Gasteiger partial charge in [-0.2, -0.15) is 0 Å². The number of aromatic nitrogens is 4. The lowest BCUT2D eigenvalue weighted by molar-refractivity contribution is 0.423. The molecule has 2 atom stereocenters. The standard InChI is InChI=1S/C19H21N5/c1-12-4-7-15(8-5-12)18-11-17(20-19-21-22-23-24(18)19)16-9-6-13(2)14(3)10-16/h4-10,17-18H,11H2,1-3H3,(H,20,21,23)/t17-,18+/m0/s1. The van der Waals surface area contributed by atoms with Crippen LogP contribution in [0.25, 0.3) is 0 Å². The van der Waals surface area contributed by atoms with Crippen LogP contribution >= 0.6 is 0 Å². The van der Waals surface area contributed by atoms with Crippen LogP contribution in [0.3, 0.4) is 0 Å². The van der Waals surface area contributed by atoms with Crippen LogP contribution in [0.15, 0.2) is 42.5 Å². The number of hydrogen-bond donors (Lipinski definition) is 1.